The van der Waals surface area contributed by atoms with Gasteiger partial charge in [-0.1, -0.05) is 15.9 Å². The maximum Gasteiger partial charge on any atom is 0.254 e. The summed E-state index contributed by atoms with van der Waals surface area (Å²) in [6.45, 7) is 4.56. The van der Waals surface area contributed by atoms with Crippen LogP contribution in [0.4, 0.5) is 0 Å². The van der Waals surface area contributed by atoms with Crippen LogP contribution in [0.3, 0.4) is 0 Å². The van der Waals surface area contributed by atoms with Crippen LogP contribution >= 0.6 is 15.9 Å². The van der Waals surface area contributed by atoms with Gasteiger partial charge in [0.1, 0.15) is 0 Å². The summed E-state index contributed by atoms with van der Waals surface area (Å²) in [4.78, 5) is 14.5. The third-order valence-corrected chi connectivity index (χ3v) is 4.00. The summed E-state index contributed by atoms with van der Waals surface area (Å²) < 4.78 is 0.933. The number of nitrogens with zero attached hydrogens (tertiary/aromatic N) is 1. The lowest BCUT2D eigenvalue weighted by Gasteiger charge is -2.26. The van der Waals surface area contributed by atoms with Gasteiger partial charge < -0.3 is 10.0 Å². The molecule has 1 amide bonds. The van der Waals surface area contributed by atoms with Crippen molar-refractivity contribution in [1.29, 1.82) is 0 Å². The Morgan fingerprint density at radius 2 is 2.26 bits per heavy atom. The molecule has 2 rings (SSSR count). The Hall–Kier alpha value is -0.870. The molecule has 0 radical (unpaired) electrons. The summed E-state index contributed by atoms with van der Waals surface area (Å²) in [7, 11) is 0. The van der Waals surface area contributed by atoms with Gasteiger partial charge in [-0.05, 0) is 56.9 Å². The number of carbonyl (C=O) groups is 1. The molecule has 1 aromatic carbocycles. The van der Waals surface area contributed by atoms with Gasteiger partial charge in [0.15, 0.2) is 0 Å². The van der Waals surface area contributed by atoms with E-state index in [1.54, 1.807) is 6.92 Å². The van der Waals surface area contributed by atoms with Crippen LogP contribution < -0.4 is 0 Å². The minimum absolute atomic E-state index is 0.0764. The van der Waals surface area contributed by atoms with Crippen LogP contribution in [-0.4, -0.2) is 34.6 Å². The predicted octanol–water partition coefficient (Wildman–Crippen LogP) is 3.13. The molecule has 1 aromatic rings. The van der Waals surface area contributed by atoms with E-state index < -0.39 is 0 Å². The number of aliphatic hydroxyl groups excluding tert-OH is 1. The van der Waals surface area contributed by atoms with E-state index in [1.807, 2.05) is 30.0 Å². The van der Waals surface area contributed by atoms with Crippen LogP contribution in [0.2, 0.25) is 0 Å². The average molecular weight is 326 g/mol. The molecule has 0 spiro atoms. The van der Waals surface area contributed by atoms with E-state index in [-0.39, 0.29) is 18.1 Å². The maximum absolute atomic E-state index is 12.6. The van der Waals surface area contributed by atoms with Gasteiger partial charge in [0.25, 0.3) is 5.91 Å². The van der Waals surface area contributed by atoms with Crippen LogP contribution in [0.15, 0.2) is 22.7 Å². The SMILES string of the molecule is Cc1cc(Br)cc(C(=O)N2CCC[C@H]2C[C@@H](C)O)c1. The first-order valence-corrected chi connectivity index (χ1v) is 7.53. The molecule has 1 aliphatic heterocycles. The molecule has 0 unspecified atom stereocenters. The van der Waals surface area contributed by atoms with Gasteiger partial charge in [-0.25, -0.2) is 0 Å². The number of amides is 1. The number of hydrogen-bond acceptors (Lipinski definition) is 2. The van der Waals surface area contributed by atoms with E-state index in [2.05, 4.69) is 15.9 Å². The lowest BCUT2D eigenvalue weighted by atomic mass is 10.1. The second-order valence-corrected chi connectivity index (χ2v) is 6.31. The zero-order valence-corrected chi connectivity index (χ0v) is 13.0. The van der Waals surface area contributed by atoms with Gasteiger partial charge in [-0.3, -0.25) is 4.79 Å². The van der Waals surface area contributed by atoms with E-state index in [9.17, 15) is 9.90 Å². The monoisotopic (exact) mass is 325 g/mol. The smallest absolute Gasteiger partial charge is 0.254 e. The molecule has 0 aliphatic carbocycles. The van der Waals surface area contributed by atoms with Gasteiger partial charge in [0, 0.05) is 22.6 Å². The standard InChI is InChI=1S/C15H20BrNO2/c1-10-6-12(9-13(16)7-10)15(19)17-5-3-4-14(17)8-11(2)18/h6-7,9,11,14,18H,3-5,8H2,1-2H3/t11-,14+/m1/s1. The van der Waals surface area contributed by atoms with Crippen molar-refractivity contribution < 1.29 is 9.90 Å². The van der Waals surface area contributed by atoms with E-state index in [0.29, 0.717) is 6.42 Å². The van der Waals surface area contributed by atoms with Crippen molar-refractivity contribution in [2.24, 2.45) is 0 Å². The van der Waals surface area contributed by atoms with E-state index in [1.165, 1.54) is 0 Å². The van der Waals surface area contributed by atoms with Gasteiger partial charge in [-0.15, -0.1) is 0 Å². The van der Waals surface area contributed by atoms with Crippen molar-refractivity contribution in [1.82, 2.24) is 4.90 Å². The van der Waals surface area contributed by atoms with Crippen LogP contribution in [0.25, 0.3) is 0 Å². The number of rotatable bonds is 3. The van der Waals surface area contributed by atoms with Crippen LogP contribution in [0, 0.1) is 6.92 Å². The molecule has 1 heterocycles. The van der Waals surface area contributed by atoms with Crippen molar-refractivity contribution in [3.05, 3.63) is 33.8 Å². The number of aryl methyl sites for hydroxylation is 1. The average Bonchev–Trinajstić information content (AvgIpc) is 2.73. The molecule has 1 aliphatic rings. The van der Waals surface area contributed by atoms with Crippen LogP contribution in [0.5, 0.6) is 0 Å². The fraction of sp³-hybridized carbons (Fsp3) is 0.533. The second kappa shape index (κ2) is 6.06. The lowest BCUT2D eigenvalue weighted by Crippen LogP contribution is -2.37. The zero-order chi connectivity index (χ0) is 14.0. The first-order valence-electron chi connectivity index (χ1n) is 6.73. The highest BCUT2D eigenvalue weighted by Gasteiger charge is 2.30. The topological polar surface area (TPSA) is 40.5 Å². The molecule has 2 atom stereocenters. The number of carbonyl (C=O) groups excluding carboxylic acids is 1. The molecule has 1 fully saturated rings. The quantitative estimate of drug-likeness (QED) is 0.927. The van der Waals surface area contributed by atoms with Crippen molar-refractivity contribution in [3.8, 4) is 0 Å². The molecular formula is C15H20BrNO2. The molecule has 4 heteroatoms. The van der Waals surface area contributed by atoms with Gasteiger partial charge >= 0.3 is 0 Å². The minimum atomic E-state index is -0.359. The molecule has 0 bridgehead atoms. The first-order chi connectivity index (χ1) is 8.97. The third-order valence-electron chi connectivity index (χ3n) is 3.54. The lowest BCUT2D eigenvalue weighted by molar-refractivity contribution is 0.0682. The largest absolute Gasteiger partial charge is 0.393 e. The summed E-state index contributed by atoms with van der Waals surface area (Å²) >= 11 is 3.43. The van der Waals surface area contributed by atoms with Crippen LogP contribution in [-0.2, 0) is 0 Å². The normalized spacial score (nSPS) is 20.6. The van der Waals surface area contributed by atoms with Crippen LogP contribution in [0.1, 0.15) is 42.1 Å². The fourth-order valence-electron chi connectivity index (χ4n) is 2.77. The molecule has 104 valence electrons. The number of hydrogen-bond donors (Lipinski definition) is 1. The molecule has 1 N–H and O–H groups in total. The number of likely N-dealkylation sites (tertiary alicyclic amines) is 1. The summed E-state index contributed by atoms with van der Waals surface area (Å²) in [5.74, 6) is 0.0764. The molecule has 0 aromatic heterocycles. The summed E-state index contributed by atoms with van der Waals surface area (Å²) in [5, 5.41) is 9.53. The highest BCUT2D eigenvalue weighted by molar-refractivity contribution is 9.10. The molecule has 0 saturated carbocycles. The Morgan fingerprint density at radius 3 is 2.89 bits per heavy atom. The molecule has 3 nitrogen and oxygen atoms in total. The van der Waals surface area contributed by atoms with Gasteiger partial charge in [0.05, 0.1) is 6.10 Å². The number of halogens is 1. The Bertz CT molecular complexity index is 453. The Labute approximate surface area is 122 Å². The summed E-state index contributed by atoms with van der Waals surface area (Å²) in [6.07, 6.45) is 2.32. The maximum atomic E-state index is 12.6. The second-order valence-electron chi connectivity index (χ2n) is 5.40. The first kappa shape index (κ1) is 14.5. The third kappa shape index (κ3) is 3.57. The highest BCUT2D eigenvalue weighted by Crippen LogP contribution is 2.25. The van der Waals surface area contributed by atoms with Crippen molar-refractivity contribution in [2.45, 2.75) is 45.3 Å². The Morgan fingerprint density at radius 1 is 1.53 bits per heavy atom. The van der Waals surface area contributed by atoms with E-state index in [4.69, 9.17) is 0 Å². The van der Waals surface area contributed by atoms with Gasteiger partial charge in [-0.2, -0.15) is 0 Å². The van der Waals surface area contributed by atoms with E-state index in [0.717, 1.165) is 35.0 Å². The molecule has 1 saturated heterocycles. The summed E-state index contributed by atoms with van der Waals surface area (Å²) in [6, 6.07) is 5.96. The predicted molar refractivity (Wildman–Crippen MR) is 79.2 cm³/mol. The fourth-order valence-corrected chi connectivity index (χ4v) is 3.38. The van der Waals surface area contributed by atoms with Crippen molar-refractivity contribution in [3.63, 3.8) is 0 Å². The van der Waals surface area contributed by atoms with Gasteiger partial charge in [0.2, 0.25) is 0 Å². The zero-order valence-electron chi connectivity index (χ0n) is 11.4. The van der Waals surface area contributed by atoms with Crippen molar-refractivity contribution in [2.75, 3.05) is 6.54 Å². The minimum Gasteiger partial charge on any atom is -0.393 e. The molecule has 19 heavy (non-hydrogen) atoms. The summed E-state index contributed by atoms with van der Waals surface area (Å²) in [5.41, 5.74) is 1.80. The van der Waals surface area contributed by atoms with E-state index >= 15 is 0 Å². The number of aliphatic hydroxyl groups is 1. The highest BCUT2D eigenvalue weighted by atomic mass is 79.9. The Balaban J connectivity index is 2.18. The molecular weight excluding hydrogens is 306 g/mol. The Kier molecular flexibility index (Phi) is 4.63. The van der Waals surface area contributed by atoms with Crippen molar-refractivity contribution >= 4 is 21.8 Å². The number of benzene rings is 1.